The Bertz CT molecular complexity index is 2600. The van der Waals surface area contributed by atoms with Crippen molar-refractivity contribution >= 4 is 64.2 Å². The van der Waals surface area contributed by atoms with Crippen LogP contribution in [-0.4, -0.2) is 0 Å². The van der Waals surface area contributed by atoms with Crippen LogP contribution in [0.4, 0.5) is 0 Å². The number of hydrogen-bond donors (Lipinski definition) is 0. The first kappa shape index (κ1) is 23.2. The monoisotopic (exact) mass is 566 g/mol. The topological polar surface area (TPSA) is 22.4 Å². The molecule has 3 heteroatoms. The summed E-state index contributed by atoms with van der Waals surface area (Å²) < 4.78 is 15.1. The van der Waals surface area contributed by atoms with Crippen LogP contribution in [0.5, 0.6) is 11.5 Å². The molecule has 43 heavy (non-hydrogen) atoms. The summed E-state index contributed by atoms with van der Waals surface area (Å²) in [5.74, 6) is 1.84. The summed E-state index contributed by atoms with van der Waals surface area (Å²) in [5, 5.41) is 7.30. The summed E-state index contributed by atoms with van der Waals surface area (Å²) in [6.45, 7) is 0. The molecule has 0 amide bonds. The molecule has 9 aromatic rings. The fourth-order valence-electron chi connectivity index (χ4n) is 6.86. The van der Waals surface area contributed by atoms with Gasteiger partial charge < -0.3 is 9.15 Å². The Morgan fingerprint density at radius 3 is 1.98 bits per heavy atom. The molecular weight excluding hydrogens is 545 g/mol. The number of furan rings is 1. The van der Waals surface area contributed by atoms with Gasteiger partial charge in [-0.05, 0) is 75.7 Å². The van der Waals surface area contributed by atoms with E-state index in [2.05, 4.69) is 109 Å². The van der Waals surface area contributed by atoms with Crippen LogP contribution >= 0.6 is 11.3 Å². The van der Waals surface area contributed by atoms with Crippen molar-refractivity contribution in [2.24, 2.45) is 0 Å². The molecule has 0 N–H and O–H groups in total. The van der Waals surface area contributed by atoms with E-state index in [1.54, 1.807) is 0 Å². The molecule has 10 rings (SSSR count). The van der Waals surface area contributed by atoms with Crippen molar-refractivity contribution in [2.75, 3.05) is 0 Å². The van der Waals surface area contributed by atoms with Crippen molar-refractivity contribution in [3.05, 3.63) is 133 Å². The molecule has 3 heterocycles. The first-order chi connectivity index (χ1) is 21.3. The maximum absolute atomic E-state index is 6.33. The highest BCUT2D eigenvalue weighted by atomic mass is 32.1. The standard InChI is InChI=1S/C40H22O2S/c1-3-10-34-27(6-1)29-15-12-23(20-37(29)42-34)24-13-16-30-31-17-14-25(22-39(31)43-38(30)21-24)26-18-19-36-40-32(26)8-5-9-33(40)28-7-2-4-11-35(28)41-36/h1-22H. The van der Waals surface area contributed by atoms with Gasteiger partial charge in [0.2, 0.25) is 0 Å². The summed E-state index contributed by atoms with van der Waals surface area (Å²) in [5.41, 5.74) is 9.04. The lowest BCUT2D eigenvalue weighted by atomic mass is 9.90. The Kier molecular flexibility index (Phi) is 4.63. The Morgan fingerprint density at radius 1 is 0.395 bits per heavy atom. The van der Waals surface area contributed by atoms with Gasteiger partial charge in [-0.2, -0.15) is 0 Å². The van der Waals surface area contributed by atoms with Gasteiger partial charge in [0.15, 0.2) is 0 Å². The molecule has 0 saturated carbocycles. The second kappa shape index (κ2) is 8.57. The minimum absolute atomic E-state index is 0.916. The Balaban J connectivity index is 1.09. The van der Waals surface area contributed by atoms with Crippen LogP contribution in [0.3, 0.4) is 0 Å². The third kappa shape index (κ3) is 3.34. The predicted molar refractivity (Wildman–Crippen MR) is 180 cm³/mol. The van der Waals surface area contributed by atoms with E-state index in [9.17, 15) is 0 Å². The van der Waals surface area contributed by atoms with E-state index in [0.29, 0.717) is 0 Å². The number of ether oxygens (including phenoxy) is 1. The van der Waals surface area contributed by atoms with Crippen LogP contribution in [0.1, 0.15) is 0 Å². The van der Waals surface area contributed by atoms with E-state index >= 15 is 0 Å². The molecule has 0 fully saturated rings. The maximum atomic E-state index is 6.33. The molecule has 0 spiro atoms. The van der Waals surface area contributed by atoms with Gasteiger partial charge in [0.25, 0.3) is 0 Å². The van der Waals surface area contributed by atoms with Crippen molar-refractivity contribution < 1.29 is 9.15 Å². The second-order valence-electron chi connectivity index (χ2n) is 11.3. The Labute approximate surface area is 251 Å². The van der Waals surface area contributed by atoms with Gasteiger partial charge in [-0.3, -0.25) is 0 Å². The molecule has 1 aliphatic rings. The molecule has 1 aliphatic heterocycles. The molecule has 7 aromatic carbocycles. The van der Waals surface area contributed by atoms with Crippen molar-refractivity contribution in [1.29, 1.82) is 0 Å². The van der Waals surface area contributed by atoms with Gasteiger partial charge >= 0.3 is 0 Å². The van der Waals surface area contributed by atoms with Gasteiger partial charge in [0.05, 0.1) is 0 Å². The first-order valence-corrected chi connectivity index (χ1v) is 15.3. The molecule has 0 aliphatic carbocycles. The fourth-order valence-corrected chi connectivity index (χ4v) is 8.05. The van der Waals surface area contributed by atoms with Crippen LogP contribution in [0.15, 0.2) is 138 Å². The highest BCUT2D eigenvalue weighted by molar-refractivity contribution is 7.25. The van der Waals surface area contributed by atoms with Crippen molar-refractivity contribution in [3.8, 4) is 44.9 Å². The predicted octanol–water partition coefficient (Wildman–Crippen LogP) is 12.2. The van der Waals surface area contributed by atoms with E-state index in [1.807, 2.05) is 35.6 Å². The van der Waals surface area contributed by atoms with E-state index < -0.39 is 0 Å². The Morgan fingerprint density at radius 2 is 1.07 bits per heavy atom. The molecule has 0 radical (unpaired) electrons. The summed E-state index contributed by atoms with van der Waals surface area (Å²) in [6.07, 6.45) is 0. The number of para-hydroxylation sites is 2. The van der Waals surface area contributed by atoms with Crippen LogP contribution in [0.25, 0.3) is 86.3 Å². The average Bonchev–Trinajstić information content (AvgIpc) is 3.62. The van der Waals surface area contributed by atoms with E-state index in [-0.39, 0.29) is 0 Å². The summed E-state index contributed by atoms with van der Waals surface area (Å²) in [7, 11) is 0. The number of benzene rings is 7. The molecule has 0 unspecified atom stereocenters. The molecule has 2 nitrogen and oxygen atoms in total. The maximum Gasteiger partial charge on any atom is 0.136 e. The number of thiophene rings is 1. The summed E-state index contributed by atoms with van der Waals surface area (Å²) >= 11 is 1.86. The lowest BCUT2D eigenvalue weighted by Crippen LogP contribution is -1.97. The average molecular weight is 567 g/mol. The molecule has 0 bridgehead atoms. The normalized spacial score (nSPS) is 12.4. The van der Waals surface area contributed by atoms with Crippen molar-refractivity contribution in [2.45, 2.75) is 0 Å². The lowest BCUT2D eigenvalue weighted by Gasteiger charge is -2.22. The molecule has 2 aromatic heterocycles. The minimum Gasteiger partial charge on any atom is -0.456 e. The smallest absolute Gasteiger partial charge is 0.136 e. The zero-order valence-corrected chi connectivity index (χ0v) is 23.7. The summed E-state index contributed by atoms with van der Waals surface area (Å²) in [6, 6.07) is 47.7. The van der Waals surface area contributed by atoms with Gasteiger partial charge in [-0.25, -0.2) is 0 Å². The molecule has 200 valence electrons. The highest BCUT2D eigenvalue weighted by Crippen LogP contribution is 2.49. The summed E-state index contributed by atoms with van der Waals surface area (Å²) in [4.78, 5) is 0. The van der Waals surface area contributed by atoms with E-state index in [1.165, 1.54) is 58.8 Å². The number of hydrogen-bond acceptors (Lipinski definition) is 3. The molecule has 0 atom stereocenters. The fraction of sp³-hybridized carbons (Fsp3) is 0. The van der Waals surface area contributed by atoms with Crippen molar-refractivity contribution in [1.82, 2.24) is 0 Å². The minimum atomic E-state index is 0.916. The highest BCUT2D eigenvalue weighted by Gasteiger charge is 2.21. The quantitative estimate of drug-likeness (QED) is 0.208. The van der Waals surface area contributed by atoms with Gasteiger partial charge in [-0.1, -0.05) is 91.0 Å². The van der Waals surface area contributed by atoms with Crippen molar-refractivity contribution in [3.63, 3.8) is 0 Å². The zero-order chi connectivity index (χ0) is 28.1. The lowest BCUT2D eigenvalue weighted by molar-refractivity contribution is 0.487. The van der Waals surface area contributed by atoms with E-state index in [4.69, 9.17) is 9.15 Å². The second-order valence-corrected chi connectivity index (χ2v) is 12.4. The molecule has 0 saturated heterocycles. The van der Waals surface area contributed by atoms with Gasteiger partial charge in [0, 0.05) is 41.9 Å². The van der Waals surface area contributed by atoms with Crippen LogP contribution in [0, 0.1) is 0 Å². The number of rotatable bonds is 2. The van der Waals surface area contributed by atoms with Crippen LogP contribution in [-0.2, 0) is 0 Å². The van der Waals surface area contributed by atoms with Crippen LogP contribution in [0.2, 0.25) is 0 Å². The van der Waals surface area contributed by atoms with Gasteiger partial charge in [-0.15, -0.1) is 11.3 Å². The van der Waals surface area contributed by atoms with Gasteiger partial charge in [0.1, 0.15) is 22.7 Å². The molecular formula is C40H22O2S. The zero-order valence-electron chi connectivity index (χ0n) is 22.9. The first-order valence-electron chi connectivity index (χ1n) is 14.5. The Hall–Kier alpha value is -5.38. The van der Waals surface area contributed by atoms with Crippen LogP contribution < -0.4 is 4.74 Å². The largest absolute Gasteiger partial charge is 0.456 e. The third-order valence-electron chi connectivity index (χ3n) is 8.90. The SMILES string of the molecule is c1ccc2c(c1)Oc1ccc(-c3ccc4c(c3)sc3cc(-c5ccc6c(c5)oc5ccccc56)ccc34)c3cccc-2c13. The third-order valence-corrected chi connectivity index (χ3v) is 10.0. The van der Waals surface area contributed by atoms with E-state index in [0.717, 1.165) is 39.0 Å². The number of fused-ring (bicyclic) bond motifs is 8.